The van der Waals surface area contributed by atoms with Gasteiger partial charge in [-0.25, -0.2) is 0 Å². The van der Waals surface area contributed by atoms with Crippen LogP contribution in [0.4, 0.5) is 0 Å². The molecular formula is C6H11N3O2S2. The standard InChI is InChI=1S/C6H11N3O2S2/c1-2-12-13-4-3-11-6(10)5-8-9-7/h2-5H2,1H3. The first-order valence-corrected chi connectivity index (χ1v) is 6.21. The van der Waals surface area contributed by atoms with E-state index in [0.717, 1.165) is 11.5 Å². The zero-order chi connectivity index (χ0) is 9.94. The summed E-state index contributed by atoms with van der Waals surface area (Å²) in [6.45, 7) is 2.21. The molecule has 0 radical (unpaired) electrons. The molecule has 0 atom stereocenters. The van der Waals surface area contributed by atoms with Gasteiger partial charge in [-0.3, -0.25) is 4.79 Å². The van der Waals surface area contributed by atoms with E-state index in [2.05, 4.69) is 16.9 Å². The average molecular weight is 221 g/mol. The van der Waals surface area contributed by atoms with Crippen molar-refractivity contribution in [2.45, 2.75) is 6.92 Å². The molecule has 74 valence electrons. The molecule has 0 rings (SSSR count). The minimum atomic E-state index is -0.472. The Hall–Kier alpha value is -0.520. The number of azide groups is 1. The van der Waals surface area contributed by atoms with Crippen LogP contribution >= 0.6 is 21.6 Å². The molecule has 0 aromatic carbocycles. The predicted molar refractivity (Wildman–Crippen MR) is 55.6 cm³/mol. The number of ether oxygens (including phenoxy) is 1. The maximum absolute atomic E-state index is 10.7. The first-order valence-electron chi connectivity index (χ1n) is 3.72. The molecule has 0 N–H and O–H groups in total. The van der Waals surface area contributed by atoms with Crippen molar-refractivity contribution in [1.82, 2.24) is 0 Å². The van der Waals surface area contributed by atoms with Crippen molar-refractivity contribution in [3.63, 3.8) is 0 Å². The first-order chi connectivity index (χ1) is 6.31. The van der Waals surface area contributed by atoms with Gasteiger partial charge in [0.15, 0.2) is 0 Å². The third-order valence-electron chi connectivity index (χ3n) is 0.894. The van der Waals surface area contributed by atoms with Crippen LogP contribution in [0.5, 0.6) is 0 Å². The molecule has 0 saturated heterocycles. The van der Waals surface area contributed by atoms with Crippen LogP contribution in [-0.4, -0.2) is 30.6 Å². The molecule has 0 unspecified atom stereocenters. The van der Waals surface area contributed by atoms with Crippen LogP contribution in [0, 0.1) is 0 Å². The van der Waals surface area contributed by atoms with E-state index >= 15 is 0 Å². The Morgan fingerprint density at radius 1 is 1.62 bits per heavy atom. The molecule has 0 aromatic heterocycles. The fraction of sp³-hybridized carbons (Fsp3) is 0.833. The van der Waals surface area contributed by atoms with Crippen LogP contribution in [0.3, 0.4) is 0 Å². The first kappa shape index (κ1) is 12.5. The fourth-order valence-electron chi connectivity index (χ4n) is 0.467. The van der Waals surface area contributed by atoms with Gasteiger partial charge in [0.2, 0.25) is 0 Å². The summed E-state index contributed by atoms with van der Waals surface area (Å²) < 4.78 is 4.75. The molecule has 0 spiro atoms. The molecule has 5 nitrogen and oxygen atoms in total. The van der Waals surface area contributed by atoms with Gasteiger partial charge in [0.25, 0.3) is 0 Å². The van der Waals surface area contributed by atoms with E-state index in [0.29, 0.717) is 6.61 Å². The summed E-state index contributed by atoms with van der Waals surface area (Å²) in [4.78, 5) is 13.2. The summed E-state index contributed by atoms with van der Waals surface area (Å²) >= 11 is 0. The third-order valence-corrected chi connectivity index (χ3v) is 3.34. The van der Waals surface area contributed by atoms with E-state index in [9.17, 15) is 4.79 Å². The molecule has 0 aliphatic heterocycles. The van der Waals surface area contributed by atoms with Gasteiger partial charge in [-0.05, 0) is 5.53 Å². The summed E-state index contributed by atoms with van der Waals surface area (Å²) in [5.74, 6) is 1.33. The molecule has 0 bridgehead atoms. The van der Waals surface area contributed by atoms with Crippen LogP contribution in [0.2, 0.25) is 0 Å². The van der Waals surface area contributed by atoms with Gasteiger partial charge in [-0.1, -0.05) is 33.6 Å². The van der Waals surface area contributed by atoms with Gasteiger partial charge in [-0.15, -0.1) is 0 Å². The molecule has 0 amide bonds. The summed E-state index contributed by atoms with van der Waals surface area (Å²) in [6.07, 6.45) is 0. The lowest BCUT2D eigenvalue weighted by molar-refractivity contribution is -0.141. The molecule has 0 saturated carbocycles. The minimum absolute atomic E-state index is 0.220. The van der Waals surface area contributed by atoms with E-state index in [1.807, 2.05) is 0 Å². The molecule has 0 aliphatic carbocycles. The predicted octanol–water partition coefficient (Wildman–Crippen LogP) is 2.24. The van der Waals surface area contributed by atoms with Crippen molar-refractivity contribution < 1.29 is 9.53 Å². The summed E-state index contributed by atoms with van der Waals surface area (Å²) in [7, 11) is 3.38. The largest absolute Gasteiger partial charge is 0.465 e. The number of hydrogen-bond donors (Lipinski definition) is 0. The van der Waals surface area contributed by atoms with Crippen molar-refractivity contribution in [2.24, 2.45) is 5.11 Å². The van der Waals surface area contributed by atoms with Gasteiger partial charge in [0.05, 0.1) is 0 Å². The van der Waals surface area contributed by atoms with Gasteiger partial charge in [0, 0.05) is 16.4 Å². The van der Waals surface area contributed by atoms with E-state index < -0.39 is 5.97 Å². The van der Waals surface area contributed by atoms with Gasteiger partial charge in [-0.2, -0.15) is 0 Å². The second-order valence-corrected chi connectivity index (χ2v) is 4.71. The number of hydrogen-bond acceptors (Lipinski definition) is 5. The SMILES string of the molecule is CCSSCCOC(=O)CN=[N+]=[N-]. The van der Waals surface area contributed by atoms with Crippen molar-refractivity contribution >= 4 is 27.6 Å². The second kappa shape index (κ2) is 9.57. The van der Waals surface area contributed by atoms with Crippen LogP contribution in [0.15, 0.2) is 5.11 Å². The Labute approximate surface area is 84.6 Å². The fourth-order valence-corrected chi connectivity index (χ4v) is 1.96. The average Bonchev–Trinajstić information content (AvgIpc) is 2.14. The maximum Gasteiger partial charge on any atom is 0.311 e. The molecule has 13 heavy (non-hydrogen) atoms. The normalized spacial score (nSPS) is 9.00. The molecular weight excluding hydrogens is 210 g/mol. The zero-order valence-electron chi connectivity index (χ0n) is 7.30. The Balaban J connectivity index is 3.21. The van der Waals surface area contributed by atoms with Gasteiger partial charge in [0.1, 0.15) is 13.2 Å². The highest BCUT2D eigenvalue weighted by atomic mass is 33.1. The minimum Gasteiger partial charge on any atom is -0.465 e. The zero-order valence-corrected chi connectivity index (χ0v) is 8.94. The molecule has 0 fully saturated rings. The smallest absolute Gasteiger partial charge is 0.311 e. The van der Waals surface area contributed by atoms with E-state index in [-0.39, 0.29) is 6.54 Å². The van der Waals surface area contributed by atoms with Crippen molar-refractivity contribution in [1.29, 1.82) is 0 Å². The highest BCUT2D eigenvalue weighted by Crippen LogP contribution is 2.19. The highest BCUT2D eigenvalue weighted by Gasteiger charge is 1.99. The number of nitrogens with zero attached hydrogens (tertiary/aromatic N) is 3. The van der Waals surface area contributed by atoms with Crippen LogP contribution in [0.25, 0.3) is 10.4 Å². The van der Waals surface area contributed by atoms with E-state index in [1.165, 1.54) is 0 Å². The molecule has 7 heteroatoms. The topological polar surface area (TPSA) is 75.1 Å². The molecule has 0 aromatic rings. The Kier molecular flexibility index (Phi) is 9.18. The lowest BCUT2D eigenvalue weighted by Crippen LogP contribution is -2.09. The van der Waals surface area contributed by atoms with Crippen LogP contribution in [-0.2, 0) is 9.53 Å². The van der Waals surface area contributed by atoms with Gasteiger partial charge < -0.3 is 4.74 Å². The maximum atomic E-state index is 10.7. The summed E-state index contributed by atoms with van der Waals surface area (Å²) in [6, 6.07) is 0. The van der Waals surface area contributed by atoms with Crippen molar-refractivity contribution in [3.05, 3.63) is 10.4 Å². The van der Waals surface area contributed by atoms with E-state index in [4.69, 9.17) is 10.3 Å². The van der Waals surface area contributed by atoms with E-state index in [1.54, 1.807) is 21.6 Å². The van der Waals surface area contributed by atoms with Crippen molar-refractivity contribution in [2.75, 3.05) is 24.7 Å². The van der Waals surface area contributed by atoms with Gasteiger partial charge >= 0.3 is 5.97 Å². The van der Waals surface area contributed by atoms with Crippen molar-refractivity contribution in [3.8, 4) is 0 Å². The highest BCUT2D eigenvalue weighted by molar-refractivity contribution is 8.76. The Morgan fingerprint density at radius 2 is 2.38 bits per heavy atom. The molecule has 0 heterocycles. The lowest BCUT2D eigenvalue weighted by Gasteiger charge is -2.00. The number of carbonyl (C=O) groups excluding carboxylic acids is 1. The number of esters is 1. The Bertz CT molecular complexity index is 194. The molecule has 0 aliphatic rings. The lowest BCUT2D eigenvalue weighted by atomic mass is 10.7. The third kappa shape index (κ3) is 9.39. The monoisotopic (exact) mass is 221 g/mol. The van der Waals surface area contributed by atoms with Crippen LogP contribution in [0.1, 0.15) is 6.92 Å². The number of rotatable bonds is 7. The summed E-state index contributed by atoms with van der Waals surface area (Å²) in [5, 5.41) is 3.08. The second-order valence-electron chi connectivity index (χ2n) is 1.84. The van der Waals surface area contributed by atoms with Crippen LogP contribution < -0.4 is 0 Å². The quantitative estimate of drug-likeness (QED) is 0.165. The Morgan fingerprint density at radius 3 is 3.00 bits per heavy atom. The number of carbonyl (C=O) groups is 1. The summed E-state index contributed by atoms with van der Waals surface area (Å²) in [5.41, 5.74) is 7.90.